The molecule has 3 fully saturated rings. The lowest BCUT2D eigenvalue weighted by atomic mass is 9.47. The van der Waals surface area contributed by atoms with Crippen LogP contribution in [0.1, 0.15) is 111 Å². The summed E-state index contributed by atoms with van der Waals surface area (Å²) in [6.07, 6.45) is 18.3. The van der Waals surface area contributed by atoms with Crippen molar-refractivity contribution in [3.8, 4) is 11.5 Å². The van der Waals surface area contributed by atoms with E-state index in [0.29, 0.717) is 11.2 Å². The maximum Gasteiger partial charge on any atom is 0.331 e. The van der Waals surface area contributed by atoms with E-state index < -0.39 is 0 Å². The average Bonchev–Trinajstić information content (AvgIpc) is 3.32. The molecule has 1 N–H and O–H groups in total. The highest BCUT2D eigenvalue weighted by Crippen LogP contribution is 2.67. The monoisotopic (exact) mass is 576 g/mol. The number of benzene rings is 1. The fraction of sp³-hybridized carbons (Fsp3) is 0.711. The SMILES string of the molecule is COc1cc(/C=C/C(=O)O[C@H]2CC[C@@]3(C)C(=CC[C@H]4[C@@H]5CC[C@H]([C@H](C)CCC(C)C(C)C)[C@@]5(C)CC[C@@H]43)C2)ccc1O. The van der Waals surface area contributed by atoms with Crippen LogP contribution >= 0.6 is 0 Å². The van der Waals surface area contributed by atoms with Crippen molar-refractivity contribution in [2.45, 2.75) is 112 Å². The summed E-state index contributed by atoms with van der Waals surface area (Å²) in [7, 11) is 1.52. The number of aromatic hydroxyl groups is 1. The summed E-state index contributed by atoms with van der Waals surface area (Å²) in [6.45, 7) is 15.0. The van der Waals surface area contributed by atoms with Gasteiger partial charge >= 0.3 is 5.97 Å². The molecule has 0 radical (unpaired) electrons. The minimum absolute atomic E-state index is 0.0498. The summed E-state index contributed by atoms with van der Waals surface area (Å²) in [5.74, 6) is 5.94. The Hall–Kier alpha value is -2.23. The second-order valence-electron chi connectivity index (χ2n) is 15.3. The van der Waals surface area contributed by atoms with Gasteiger partial charge in [-0.2, -0.15) is 0 Å². The van der Waals surface area contributed by atoms with Gasteiger partial charge in [0.15, 0.2) is 11.5 Å². The number of carbonyl (C=O) groups excluding carboxylic acids is 1. The van der Waals surface area contributed by atoms with Crippen molar-refractivity contribution in [2.24, 2.45) is 52.3 Å². The first-order chi connectivity index (χ1) is 20.0. The Kier molecular flexibility index (Phi) is 9.22. The Balaban J connectivity index is 1.21. The predicted octanol–water partition coefficient (Wildman–Crippen LogP) is 9.61. The van der Waals surface area contributed by atoms with E-state index in [1.54, 1.807) is 29.8 Å². The summed E-state index contributed by atoms with van der Waals surface area (Å²) in [6, 6.07) is 5.04. The largest absolute Gasteiger partial charge is 0.504 e. The van der Waals surface area contributed by atoms with Crippen LogP contribution in [0.2, 0.25) is 0 Å². The Labute approximate surface area is 255 Å². The average molecular weight is 577 g/mol. The van der Waals surface area contributed by atoms with Crippen LogP contribution in [0, 0.1) is 52.3 Å². The molecule has 0 aromatic heterocycles. The zero-order valence-corrected chi connectivity index (χ0v) is 27.3. The lowest BCUT2D eigenvalue weighted by molar-refractivity contribution is -0.145. The lowest BCUT2D eigenvalue weighted by Gasteiger charge is -2.58. The Morgan fingerprint density at radius 3 is 2.57 bits per heavy atom. The first-order valence-electron chi connectivity index (χ1n) is 16.9. The Bertz CT molecular complexity index is 1180. The molecule has 0 amide bonds. The van der Waals surface area contributed by atoms with E-state index in [1.807, 2.05) is 0 Å². The van der Waals surface area contributed by atoms with Crippen LogP contribution in [0.15, 0.2) is 35.9 Å². The second-order valence-corrected chi connectivity index (χ2v) is 15.3. The molecule has 1 aromatic carbocycles. The number of carbonyl (C=O) groups is 1. The molecule has 5 rings (SSSR count). The van der Waals surface area contributed by atoms with Crippen LogP contribution < -0.4 is 4.74 Å². The van der Waals surface area contributed by atoms with E-state index in [4.69, 9.17) is 9.47 Å². The van der Waals surface area contributed by atoms with Crippen LogP contribution in [0.3, 0.4) is 0 Å². The fourth-order valence-corrected chi connectivity index (χ4v) is 9.93. The number of rotatable bonds is 9. The van der Waals surface area contributed by atoms with E-state index in [-0.39, 0.29) is 23.2 Å². The zero-order chi connectivity index (χ0) is 30.2. The maximum atomic E-state index is 12.7. The smallest absolute Gasteiger partial charge is 0.331 e. The number of methoxy groups -OCH3 is 1. The molecule has 0 spiro atoms. The number of hydrogen-bond acceptors (Lipinski definition) is 4. The quantitative estimate of drug-likeness (QED) is 0.181. The number of phenols is 1. The van der Waals surface area contributed by atoms with Gasteiger partial charge in [0.25, 0.3) is 0 Å². The molecular formula is C38H56O4. The Morgan fingerprint density at radius 2 is 1.83 bits per heavy atom. The van der Waals surface area contributed by atoms with Gasteiger partial charge in [-0.25, -0.2) is 4.79 Å². The van der Waals surface area contributed by atoms with E-state index in [9.17, 15) is 9.90 Å². The molecule has 9 atom stereocenters. The van der Waals surface area contributed by atoms with Crippen LogP contribution in [-0.2, 0) is 9.53 Å². The van der Waals surface area contributed by atoms with Crippen molar-refractivity contribution < 1.29 is 19.4 Å². The third-order valence-corrected chi connectivity index (χ3v) is 12.9. The van der Waals surface area contributed by atoms with E-state index in [1.165, 1.54) is 58.1 Å². The summed E-state index contributed by atoms with van der Waals surface area (Å²) in [5, 5.41) is 9.81. The van der Waals surface area contributed by atoms with Crippen molar-refractivity contribution in [3.63, 3.8) is 0 Å². The van der Waals surface area contributed by atoms with Crippen molar-refractivity contribution >= 4 is 12.0 Å². The number of esters is 1. The van der Waals surface area contributed by atoms with Crippen molar-refractivity contribution in [1.29, 1.82) is 0 Å². The highest BCUT2D eigenvalue weighted by Gasteiger charge is 2.59. The van der Waals surface area contributed by atoms with Gasteiger partial charge in [-0.15, -0.1) is 0 Å². The second kappa shape index (κ2) is 12.4. The third-order valence-electron chi connectivity index (χ3n) is 12.9. The highest BCUT2D eigenvalue weighted by atomic mass is 16.5. The molecule has 4 aliphatic rings. The topological polar surface area (TPSA) is 55.8 Å². The Morgan fingerprint density at radius 1 is 1.05 bits per heavy atom. The van der Waals surface area contributed by atoms with Crippen molar-refractivity contribution in [1.82, 2.24) is 0 Å². The number of hydrogen-bond donors (Lipinski definition) is 1. The van der Waals surface area contributed by atoms with Crippen LogP contribution in [0.4, 0.5) is 0 Å². The van der Waals surface area contributed by atoms with Gasteiger partial charge in [-0.1, -0.05) is 72.1 Å². The van der Waals surface area contributed by atoms with Crippen LogP contribution in [-0.4, -0.2) is 24.3 Å². The van der Waals surface area contributed by atoms with Gasteiger partial charge in [0, 0.05) is 12.5 Å². The molecule has 0 bridgehead atoms. The predicted molar refractivity (Wildman–Crippen MR) is 171 cm³/mol. The van der Waals surface area contributed by atoms with E-state index in [0.717, 1.165) is 66.3 Å². The van der Waals surface area contributed by atoms with Crippen molar-refractivity contribution in [3.05, 3.63) is 41.5 Å². The van der Waals surface area contributed by atoms with E-state index >= 15 is 0 Å². The van der Waals surface area contributed by atoms with Crippen LogP contribution in [0.5, 0.6) is 11.5 Å². The normalized spacial score (nSPS) is 35.6. The first kappa shape index (κ1) is 31.2. The first-order valence-corrected chi connectivity index (χ1v) is 16.9. The molecule has 3 saturated carbocycles. The van der Waals surface area contributed by atoms with Gasteiger partial charge < -0.3 is 14.6 Å². The molecule has 232 valence electrons. The van der Waals surface area contributed by atoms with Gasteiger partial charge in [-0.05, 0) is 121 Å². The molecule has 1 unspecified atom stereocenters. The molecule has 0 heterocycles. The van der Waals surface area contributed by atoms with Crippen LogP contribution in [0.25, 0.3) is 6.08 Å². The molecule has 4 aliphatic carbocycles. The van der Waals surface area contributed by atoms with Gasteiger partial charge in [-0.3, -0.25) is 0 Å². The minimum atomic E-state index is -0.299. The number of allylic oxidation sites excluding steroid dienone is 1. The fourth-order valence-electron chi connectivity index (χ4n) is 9.93. The summed E-state index contributed by atoms with van der Waals surface area (Å²) in [4.78, 5) is 12.7. The molecule has 42 heavy (non-hydrogen) atoms. The molecule has 4 nitrogen and oxygen atoms in total. The highest BCUT2D eigenvalue weighted by molar-refractivity contribution is 5.87. The summed E-state index contributed by atoms with van der Waals surface area (Å²) in [5.41, 5.74) is 3.09. The molecule has 4 heteroatoms. The number of phenolic OH excluding ortho intramolecular Hbond substituents is 1. The van der Waals surface area contributed by atoms with Gasteiger partial charge in [0.1, 0.15) is 6.10 Å². The minimum Gasteiger partial charge on any atom is -0.504 e. The summed E-state index contributed by atoms with van der Waals surface area (Å²) >= 11 is 0. The standard InChI is InChI=1S/C38H56O4/c1-24(2)25(3)8-9-26(4)31-14-15-32-30-13-12-28-23-29(18-20-37(28,5)33(30)19-21-38(31,32)6)42-36(40)17-11-27-10-16-34(39)35(22-27)41-7/h10-12,16-17,22,24-26,29-33,39H,8-9,13-15,18-21,23H2,1-7H3/b17-11+/t25?,26-,29+,30+,31-,32+,33+,37+,38-/m1/s1. The van der Waals surface area contributed by atoms with E-state index in [2.05, 4.69) is 47.6 Å². The molecular weight excluding hydrogens is 520 g/mol. The van der Waals surface area contributed by atoms with Gasteiger partial charge in [0.2, 0.25) is 0 Å². The lowest BCUT2D eigenvalue weighted by Crippen LogP contribution is -2.51. The molecule has 0 saturated heterocycles. The number of fused-ring (bicyclic) bond motifs is 5. The van der Waals surface area contributed by atoms with Crippen molar-refractivity contribution in [2.75, 3.05) is 7.11 Å². The molecule has 0 aliphatic heterocycles. The maximum absolute atomic E-state index is 12.7. The summed E-state index contributed by atoms with van der Waals surface area (Å²) < 4.78 is 11.1. The number of ether oxygens (including phenoxy) is 2. The zero-order valence-electron chi connectivity index (χ0n) is 27.3. The van der Waals surface area contributed by atoms with Gasteiger partial charge in [0.05, 0.1) is 7.11 Å². The molecule has 1 aromatic rings. The third kappa shape index (κ3) is 5.93.